The molecule has 1 atom stereocenters. The van der Waals surface area contributed by atoms with Crippen LogP contribution in [0.5, 0.6) is 0 Å². The molecule has 0 aromatic rings. The van der Waals surface area contributed by atoms with E-state index in [0.29, 0.717) is 16.4 Å². The molecule has 1 nitrogen and oxygen atoms in total. The van der Waals surface area contributed by atoms with E-state index in [4.69, 9.17) is 0 Å². The zero-order chi connectivity index (χ0) is 14.7. The minimum absolute atomic E-state index is 0.322. The van der Waals surface area contributed by atoms with Gasteiger partial charge >= 0.3 is 0 Å². The zero-order valence-electron chi connectivity index (χ0n) is 14.6. The SMILES string of the molecule is CCCN(CCCC(C)(CC)C1(C)CC1)C(C)(C)C. The van der Waals surface area contributed by atoms with E-state index >= 15 is 0 Å². The summed E-state index contributed by atoms with van der Waals surface area (Å²) < 4.78 is 0. The predicted octanol–water partition coefficient (Wildman–Crippen LogP) is 5.49. The summed E-state index contributed by atoms with van der Waals surface area (Å²) in [6, 6.07) is 0. The first-order chi connectivity index (χ1) is 8.68. The summed E-state index contributed by atoms with van der Waals surface area (Å²) in [5.41, 5.74) is 1.55. The van der Waals surface area contributed by atoms with Crippen molar-refractivity contribution < 1.29 is 0 Å². The molecule has 0 heterocycles. The average Bonchev–Trinajstić information content (AvgIpc) is 3.06. The molecule has 1 aliphatic carbocycles. The van der Waals surface area contributed by atoms with Crippen LogP contribution in [0.3, 0.4) is 0 Å². The van der Waals surface area contributed by atoms with E-state index < -0.39 is 0 Å². The van der Waals surface area contributed by atoms with E-state index in [9.17, 15) is 0 Å². The molecule has 1 rings (SSSR count). The summed E-state index contributed by atoms with van der Waals surface area (Å²) in [6.07, 6.45) is 8.27. The van der Waals surface area contributed by atoms with Crippen LogP contribution in [-0.2, 0) is 0 Å². The van der Waals surface area contributed by atoms with Crippen LogP contribution in [0.25, 0.3) is 0 Å². The Morgan fingerprint density at radius 2 is 1.58 bits per heavy atom. The summed E-state index contributed by atoms with van der Waals surface area (Å²) in [4.78, 5) is 2.66. The third kappa shape index (κ3) is 4.21. The Labute approximate surface area is 122 Å². The highest BCUT2D eigenvalue weighted by atomic mass is 15.2. The second kappa shape index (κ2) is 6.16. The minimum Gasteiger partial charge on any atom is -0.298 e. The molecule has 1 aliphatic rings. The quantitative estimate of drug-likeness (QED) is 0.562. The lowest BCUT2D eigenvalue weighted by Crippen LogP contribution is -2.42. The van der Waals surface area contributed by atoms with Gasteiger partial charge in [0.2, 0.25) is 0 Å². The fraction of sp³-hybridized carbons (Fsp3) is 1.00. The van der Waals surface area contributed by atoms with E-state index in [1.54, 1.807) is 0 Å². The van der Waals surface area contributed by atoms with Gasteiger partial charge in [0.1, 0.15) is 0 Å². The van der Waals surface area contributed by atoms with Gasteiger partial charge in [-0.15, -0.1) is 0 Å². The molecule has 0 aromatic heterocycles. The van der Waals surface area contributed by atoms with Gasteiger partial charge < -0.3 is 0 Å². The van der Waals surface area contributed by atoms with Gasteiger partial charge in [0.15, 0.2) is 0 Å². The van der Waals surface area contributed by atoms with E-state index in [-0.39, 0.29) is 0 Å². The maximum Gasteiger partial charge on any atom is 0.0125 e. The molecule has 1 heteroatoms. The Morgan fingerprint density at radius 3 is 1.95 bits per heavy atom. The van der Waals surface area contributed by atoms with Crippen LogP contribution in [0.1, 0.15) is 87.0 Å². The van der Waals surface area contributed by atoms with Gasteiger partial charge in [0.25, 0.3) is 0 Å². The predicted molar refractivity (Wildman–Crippen MR) is 86.6 cm³/mol. The van der Waals surface area contributed by atoms with Crippen LogP contribution in [0.2, 0.25) is 0 Å². The normalized spacial score (nSPS) is 21.5. The van der Waals surface area contributed by atoms with Crippen molar-refractivity contribution in [1.29, 1.82) is 0 Å². The standard InChI is InChI=1S/C18H37N/c1-8-14-19(16(3,4)5)15-10-11-17(6,9-2)18(7)12-13-18/h8-15H2,1-7H3. The Balaban J connectivity index is 2.47. The van der Waals surface area contributed by atoms with Crippen molar-refractivity contribution in [3.8, 4) is 0 Å². The Hall–Kier alpha value is -0.0400. The van der Waals surface area contributed by atoms with Crippen molar-refractivity contribution in [1.82, 2.24) is 4.90 Å². The molecule has 0 bridgehead atoms. The topological polar surface area (TPSA) is 3.24 Å². The first-order valence-electron chi connectivity index (χ1n) is 8.43. The first-order valence-corrected chi connectivity index (χ1v) is 8.43. The van der Waals surface area contributed by atoms with E-state index in [1.165, 1.54) is 51.6 Å². The van der Waals surface area contributed by atoms with E-state index in [2.05, 4.69) is 53.4 Å². The maximum absolute atomic E-state index is 2.66. The Bertz CT molecular complexity index is 272. The van der Waals surface area contributed by atoms with Crippen LogP contribution >= 0.6 is 0 Å². The lowest BCUT2D eigenvalue weighted by atomic mass is 9.70. The highest BCUT2D eigenvalue weighted by Gasteiger charge is 2.51. The van der Waals surface area contributed by atoms with Crippen LogP contribution in [0.4, 0.5) is 0 Å². The highest BCUT2D eigenvalue weighted by molar-refractivity contribution is 5.01. The van der Waals surface area contributed by atoms with Gasteiger partial charge in [0.05, 0.1) is 0 Å². The van der Waals surface area contributed by atoms with Crippen molar-refractivity contribution in [2.24, 2.45) is 10.8 Å². The fourth-order valence-electron chi connectivity index (χ4n) is 3.41. The summed E-state index contributed by atoms with van der Waals surface area (Å²) in [6.45, 7) is 19.3. The van der Waals surface area contributed by atoms with E-state index in [0.717, 1.165) is 0 Å². The molecular formula is C18H37N. The number of rotatable bonds is 8. The van der Waals surface area contributed by atoms with E-state index in [1.807, 2.05) is 0 Å². The molecule has 1 saturated carbocycles. The average molecular weight is 268 g/mol. The molecular weight excluding hydrogens is 230 g/mol. The van der Waals surface area contributed by atoms with Crippen LogP contribution in [0, 0.1) is 10.8 Å². The van der Waals surface area contributed by atoms with Gasteiger partial charge in [-0.2, -0.15) is 0 Å². The lowest BCUT2D eigenvalue weighted by molar-refractivity contribution is 0.105. The molecule has 0 radical (unpaired) electrons. The molecule has 19 heavy (non-hydrogen) atoms. The molecule has 0 saturated heterocycles. The number of hydrogen-bond donors (Lipinski definition) is 0. The molecule has 0 aliphatic heterocycles. The first kappa shape index (κ1) is 17.0. The van der Waals surface area contributed by atoms with Crippen molar-refractivity contribution in [3.63, 3.8) is 0 Å². The van der Waals surface area contributed by atoms with Gasteiger partial charge in [0, 0.05) is 5.54 Å². The van der Waals surface area contributed by atoms with Crippen LogP contribution in [-0.4, -0.2) is 23.5 Å². The smallest absolute Gasteiger partial charge is 0.0125 e. The number of nitrogens with zero attached hydrogens (tertiary/aromatic N) is 1. The molecule has 0 spiro atoms. The van der Waals surface area contributed by atoms with Crippen LogP contribution < -0.4 is 0 Å². The highest BCUT2D eigenvalue weighted by Crippen LogP contribution is 2.61. The fourth-order valence-corrected chi connectivity index (χ4v) is 3.41. The van der Waals surface area contributed by atoms with Gasteiger partial charge in [-0.3, -0.25) is 4.90 Å². The Morgan fingerprint density at radius 1 is 1.00 bits per heavy atom. The largest absolute Gasteiger partial charge is 0.298 e. The van der Waals surface area contributed by atoms with Gasteiger partial charge in [-0.05, 0) is 76.8 Å². The zero-order valence-corrected chi connectivity index (χ0v) is 14.6. The van der Waals surface area contributed by atoms with Gasteiger partial charge in [-0.25, -0.2) is 0 Å². The van der Waals surface area contributed by atoms with Gasteiger partial charge in [-0.1, -0.05) is 34.1 Å². The molecule has 0 N–H and O–H groups in total. The second-order valence-corrected chi connectivity index (χ2v) is 8.24. The van der Waals surface area contributed by atoms with Crippen molar-refractivity contribution in [2.75, 3.05) is 13.1 Å². The summed E-state index contributed by atoms with van der Waals surface area (Å²) in [5.74, 6) is 0. The molecule has 1 fully saturated rings. The minimum atomic E-state index is 0.322. The molecule has 0 aromatic carbocycles. The summed E-state index contributed by atoms with van der Waals surface area (Å²) in [5, 5.41) is 0. The lowest BCUT2D eigenvalue weighted by Gasteiger charge is -2.39. The Kier molecular flexibility index (Phi) is 5.52. The number of hydrogen-bond acceptors (Lipinski definition) is 1. The van der Waals surface area contributed by atoms with Crippen LogP contribution in [0.15, 0.2) is 0 Å². The molecule has 114 valence electrons. The van der Waals surface area contributed by atoms with Crippen molar-refractivity contribution in [2.45, 2.75) is 92.5 Å². The second-order valence-electron chi connectivity index (χ2n) is 8.24. The maximum atomic E-state index is 2.66. The summed E-state index contributed by atoms with van der Waals surface area (Å²) in [7, 11) is 0. The molecule has 0 amide bonds. The third-order valence-corrected chi connectivity index (χ3v) is 5.84. The van der Waals surface area contributed by atoms with Crippen molar-refractivity contribution in [3.05, 3.63) is 0 Å². The van der Waals surface area contributed by atoms with Crippen molar-refractivity contribution >= 4 is 0 Å². The summed E-state index contributed by atoms with van der Waals surface area (Å²) >= 11 is 0. The molecule has 1 unspecified atom stereocenters. The third-order valence-electron chi connectivity index (χ3n) is 5.84. The monoisotopic (exact) mass is 267 g/mol.